The van der Waals surface area contributed by atoms with E-state index >= 15 is 0 Å². The van der Waals surface area contributed by atoms with Gasteiger partial charge in [-0.25, -0.2) is 4.79 Å². The van der Waals surface area contributed by atoms with Crippen molar-refractivity contribution < 1.29 is 24.2 Å². The minimum Gasteiger partial charge on any atom is -0.481 e. The summed E-state index contributed by atoms with van der Waals surface area (Å²) in [6, 6.07) is 15.2. The molecule has 0 saturated heterocycles. The van der Waals surface area contributed by atoms with E-state index in [1.165, 1.54) is 0 Å². The fourth-order valence-electron chi connectivity index (χ4n) is 4.13. The number of hydrogen-bond donors (Lipinski definition) is 3. The van der Waals surface area contributed by atoms with Crippen molar-refractivity contribution in [3.63, 3.8) is 0 Å². The van der Waals surface area contributed by atoms with E-state index < -0.39 is 18.1 Å². The van der Waals surface area contributed by atoms with Crippen molar-refractivity contribution in [3.8, 4) is 11.1 Å². The first-order valence-electron chi connectivity index (χ1n) is 10.6. The number of hydrogen-bond acceptors (Lipinski definition) is 4. The van der Waals surface area contributed by atoms with Gasteiger partial charge >= 0.3 is 12.1 Å². The first-order chi connectivity index (χ1) is 14.9. The summed E-state index contributed by atoms with van der Waals surface area (Å²) >= 11 is 0. The van der Waals surface area contributed by atoms with E-state index in [0.717, 1.165) is 28.7 Å². The summed E-state index contributed by atoms with van der Waals surface area (Å²) in [4.78, 5) is 35.9. The van der Waals surface area contributed by atoms with E-state index in [2.05, 4.69) is 22.8 Å². The van der Waals surface area contributed by atoms with E-state index in [1.54, 1.807) is 0 Å². The number of carboxylic acid groups (broad SMARTS) is 1. The quantitative estimate of drug-likeness (QED) is 0.606. The molecule has 1 fully saturated rings. The Hall–Kier alpha value is -3.35. The molecule has 2 amide bonds. The van der Waals surface area contributed by atoms with Gasteiger partial charge in [-0.15, -0.1) is 0 Å². The second-order valence-electron chi connectivity index (χ2n) is 8.28. The van der Waals surface area contributed by atoms with Crippen molar-refractivity contribution in [1.82, 2.24) is 10.6 Å². The molecule has 2 aromatic rings. The van der Waals surface area contributed by atoms with Crippen molar-refractivity contribution in [3.05, 3.63) is 59.7 Å². The van der Waals surface area contributed by atoms with Crippen molar-refractivity contribution in [2.24, 2.45) is 5.92 Å². The molecule has 3 N–H and O–H groups in total. The maximum atomic E-state index is 12.5. The fraction of sp³-hybridized carbons (Fsp3) is 0.375. The Bertz CT molecular complexity index is 959. The van der Waals surface area contributed by atoms with Gasteiger partial charge in [0.1, 0.15) is 12.6 Å². The molecule has 0 radical (unpaired) electrons. The molecule has 0 heterocycles. The van der Waals surface area contributed by atoms with Crippen LogP contribution >= 0.6 is 0 Å². The van der Waals surface area contributed by atoms with Crippen LogP contribution in [-0.2, 0) is 14.3 Å². The van der Waals surface area contributed by atoms with Crippen LogP contribution in [0.4, 0.5) is 4.79 Å². The first kappa shape index (κ1) is 20.9. The van der Waals surface area contributed by atoms with Crippen molar-refractivity contribution in [2.45, 2.75) is 44.2 Å². The first-order valence-corrected chi connectivity index (χ1v) is 10.6. The molecule has 1 saturated carbocycles. The van der Waals surface area contributed by atoms with Crippen molar-refractivity contribution in [2.75, 3.05) is 6.61 Å². The predicted octanol–water partition coefficient (Wildman–Crippen LogP) is 3.28. The number of benzene rings is 2. The molecule has 0 spiro atoms. The van der Waals surface area contributed by atoms with Gasteiger partial charge in [-0.2, -0.15) is 0 Å². The third-order valence-electron chi connectivity index (χ3n) is 6.04. The van der Waals surface area contributed by atoms with Crippen LogP contribution in [0.25, 0.3) is 11.1 Å². The number of carboxylic acids is 1. The Morgan fingerprint density at radius 1 is 1.06 bits per heavy atom. The highest BCUT2D eigenvalue weighted by molar-refractivity contribution is 5.86. The number of carbonyl (C=O) groups is 3. The van der Waals surface area contributed by atoms with Gasteiger partial charge in [0.25, 0.3) is 0 Å². The maximum Gasteiger partial charge on any atom is 0.407 e. The van der Waals surface area contributed by atoms with Crippen LogP contribution in [0.2, 0.25) is 0 Å². The Kier molecular flexibility index (Phi) is 5.93. The average Bonchev–Trinajstić information content (AvgIpc) is 3.35. The minimum absolute atomic E-state index is 0.00641. The largest absolute Gasteiger partial charge is 0.481 e. The van der Waals surface area contributed by atoms with Gasteiger partial charge in [0.05, 0.1) is 0 Å². The zero-order valence-corrected chi connectivity index (χ0v) is 17.3. The number of aliphatic carboxylic acids is 1. The minimum atomic E-state index is -1.02. The maximum absolute atomic E-state index is 12.5. The van der Waals surface area contributed by atoms with Gasteiger partial charge in [0, 0.05) is 18.4 Å². The molecular formula is C24H26N2O5. The number of fused-ring (bicyclic) bond motifs is 3. The molecule has 0 aromatic heterocycles. The lowest BCUT2D eigenvalue weighted by atomic mass is 9.98. The molecule has 3 unspecified atom stereocenters. The molecule has 2 aliphatic carbocycles. The van der Waals surface area contributed by atoms with E-state index in [9.17, 15) is 14.4 Å². The van der Waals surface area contributed by atoms with Gasteiger partial charge in [0.15, 0.2) is 0 Å². The second-order valence-corrected chi connectivity index (χ2v) is 8.28. The zero-order chi connectivity index (χ0) is 22.0. The van der Waals surface area contributed by atoms with E-state index in [0.29, 0.717) is 5.92 Å². The Labute approximate surface area is 180 Å². The summed E-state index contributed by atoms with van der Waals surface area (Å²) in [6.07, 6.45) is -0.0484. The molecule has 7 nitrogen and oxygen atoms in total. The van der Waals surface area contributed by atoms with Gasteiger partial charge in [0.2, 0.25) is 5.91 Å². The normalized spacial score (nSPS) is 19.6. The van der Waals surface area contributed by atoms with Crippen LogP contribution in [0.15, 0.2) is 48.5 Å². The van der Waals surface area contributed by atoms with Gasteiger partial charge in [-0.3, -0.25) is 9.59 Å². The summed E-state index contributed by atoms with van der Waals surface area (Å²) in [6.45, 7) is 2.16. The van der Waals surface area contributed by atoms with Crippen LogP contribution in [0.5, 0.6) is 0 Å². The Balaban J connectivity index is 1.40. The molecule has 2 aliphatic rings. The monoisotopic (exact) mass is 422 g/mol. The highest BCUT2D eigenvalue weighted by Crippen LogP contribution is 2.44. The predicted molar refractivity (Wildman–Crippen MR) is 115 cm³/mol. The lowest BCUT2D eigenvalue weighted by Gasteiger charge is -2.19. The summed E-state index contributed by atoms with van der Waals surface area (Å²) in [5.41, 5.74) is 4.45. The molecule has 4 rings (SSSR count). The molecule has 162 valence electrons. The summed E-state index contributed by atoms with van der Waals surface area (Å²) in [5.74, 6) is -1.08. The molecule has 2 aromatic carbocycles. The number of carbonyl (C=O) groups excluding carboxylic acids is 2. The van der Waals surface area contributed by atoms with E-state index in [1.807, 2.05) is 43.3 Å². The van der Waals surface area contributed by atoms with Gasteiger partial charge < -0.3 is 20.5 Å². The lowest BCUT2D eigenvalue weighted by Crippen LogP contribution is -2.48. The Morgan fingerprint density at radius 3 is 2.19 bits per heavy atom. The third kappa shape index (κ3) is 4.71. The van der Waals surface area contributed by atoms with Crippen LogP contribution in [0, 0.1) is 5.92 Å². The molecule has 0 aliphatic heterocycles. The average molecular weight is 422 g/mol. The van der Waals surface area contributed by atoms with Gasteiger partial charge in [-0.1, -0.05) is 55.5 Å². The van der Waals surface area contributed by atoms with Gasteiger partial charge in [-0.05, 0) is 41.0 Å². The van der Waals surface area contributed by atoms with Crippen LogP contribution < -0.4 is 10.6 Å². The molecule has 0 bridgehead atoms. The van der Waals surface area contributed by atoms with Crippen LogP contribution in [0.1, 0.15) is 43.2 Å². The highest BCUT2D eigenvalue weighted by atomic mass is 16.5. The lowest BCUT2D eigenvalue weighted by molar-refractivity contribution is -0.137. The Morgan fingerprint density at radius 2 is 1.65 bits per heavy atom. The van der Waals surface area contributed by atoms with Crippen LogP contribution in [-0.4, -0.2) is 41.8 Å². The zero-order valence-electron chi connectivity index (χ0n) is 17.3. The summed E-state index contributed by atoms with van der Waals surface area (Å²) < 4.78 is 5.49. The third-order valence-corrected chi connectivity index (χ3v) is 6.04. The van der Waals surface area contributed by atoms with E-state index in [4.69, 9.17) is 9.84 Å². The molecular weight excluding hydrogens is 396 g/mol. The molecule has 31 heavy (non-hydrogen) atoms. The number of amides is 2. The fourth-order valence-corrected chi connectivity index (χ4v) is 4.13. The number of alkyl carbamates (subject to hydrolysis) is 1. The number of nitrogens with one attached hydrogen (secondary N) is 2. The summed E-state index contributed by atoms with van der Waals surface area (Å²) in [7, 11) is 0. The smallest absolute Gasteiger partial charge is 0.407 e. The summed E-state index contributed by atoms with van der Waals surface area (Å²) in [5, 5.41) is 14.4. The number of ether oxygens (including phenoxy) is 1. The van der Waals surface area contributed by atoms with Crippen molar-refractivity contribution >= 4 is 18.0 Å². The highest BCUT2D eigenvalue weighted by Gasteiger charge is 2.36. The standard InChI is InChI=1S/C24H26N2O5/c1-14-12-21(14)25-23(29)20(10-11-22(27)28)26-24(30)31-13-19-17-8-4-2-6-15(17)16-7-3-5-9-18(16)19/h2-9,14,19-21H,10-13H2,1H3,(H,25,29)(H,26,30)(H,27,28). The second kappa shape index (κ2) is 8.79. The molecule has 7 heteroatoms. The topological polar surface area (TPSA) is 105 Å². The SMILES string of the molecule is CC1CC1NC(=O)C(CCC(=O)O)NC(=O)OCC1c2ccccc2-c2ccccc21. The van der Waals surface area contributed by atoms with Crippen LogP contribution in [0.3, 0.4) is 0 Å². The number of rotatable bonds is 8. The molecule has 3 atom stereocenters. The van der Waals surface area contributed by atoms with Crippen molar-refractivity contribution in [1.29, 1.82) is 0 Å². The van der Waals surface area contributed by atoms with E-state index in [-0.39, 0.29) is 37.3 Å².